The van der Waals surface area contributed by atoms with Gasteiger partial charge in [0.2, 0.25) is 0 Å². The first-order valence-electron chi connectivity index (χ1n) is 6.56. The molecule has 2 aromatic rings. The Morgan fingerprint density at radius 2 is 1.86 bits per heavy atom. The van der Waals surface area contributed by atoms with Gasteiger partial charge in [-0.05, 0) is 18.2 Å². The van der Waals surface area contributed by atoms with E-state index in [4.69, 9.17) is 10.5 Å². The fourth-order valence-electron chi connectivity index (χ4n) is 1.91. The molecule has 2 N–H and O–H groups in total. The van der Waals surface area contributed by atoms with Crippen molar-refractivity contribution in [2.24, 2.45) is 5.73 Å². The Hall–Kier alpha value is -2.47. The summed E-state index contributed by atoms with van der Waals surface area (Å²) in [6.45, 7) is 0. The molecule has 2 aromatic carbocycles. The summed E-state index contributed by atoms with van der Waals surface area (Å²) in [6, 6.07) is 9.54. The van der Waals surface area contributed by atoms with Gasteiger partial charge in [-0.2, -0.15) is 0 Å². The van der Waals surface area contributed by atoms with Crippen LogP contribution in [0.2, 0.25) is 0 Å². The fraction of sp³-hybridized carbons (Fsp3) is 0.188. The summed E-state index contributed by atoms with van der Waals surface area (Å²) in [5, 5.41) is 0. The lowest BCUT2D eigenvalue weighted by molar-refractivity contribution is -0.141. The van der Waals surface area contributed by atoms with Crippen molar-refractivity contribution >= 4 is 5.97 Å². The van der Waals surface area contributed by atoms with Crippen molar-refractivity contribution in [3.8, 4) is 11.5 Å². The predicted octanol–water partition coefficient (Wildman–Crippen LogP) is 3.32. The van der Waals surface area contributed by atoms with Gasteiger partial charge in [-0.15, -0.1) is 0 Å². The number of para-hydroxylation sites is 1. The molecule has 0 saturated heterocycles. The summed E-state index contributed by atoms with van der Waals surface area (Å²) in [7, 11) is 1.21. The van der Waals surface area contributed by atoms with E-state index in [1.54, 1.807) is 30.3 Å². The molecule has 0 bridgehead atoms. The minimum atomic E-state index is -0.953. The number of benzene rings is 2. The molecule has 116 valence electrons. The molecule has 0 radical (unpaired) electrons. The molecule has 0 saturated carbocycles. The highest BCUT2D eigenvalue weighted by molar-refractivity contribution is 5.70. The van der Waals surface area contributed by atoms with Gasteiger partial charge >= 0.3 is 5.97 Å². The number of esters is 1. The number of rotatable bonds is 5. The van der Waals surface area contributed by atoms with E-state index in [0.29, 0.717) is 5.75 Å². The molecule has 6 heteroatoms. The van der Waals surface area contributed by atoms with E-state index in [9.17, 15) is 13.6 Å². The molecule has 0 aliphatic carbocycles. The summed E-state index contributed by atoms with van der Waals surface area (Å²) in [4.78, 5) is 11.2. The van der Waals surface area contributed by atoms with Crippen LogP contribution in [-0.4, -0.2) is 13.1 Å². The molecule has 0 heterocycles. The van der Waals surface area contributed by atoms with Crippen LogP contribution in [0.25, 0.3) is 0 Å². The Bertz CT molecular complexity index is 662. The van der Waals surface area contributed by atoms with Crippen LogP contribution in [0.5, 0.6) is 11.5 Å². The largest absolute Gasteiger partial charge is 0.469 e. The Labute approximate surface area is 126 Å². The second-order valence-electron chi connectivity index (χ2n) is 4.58. The van der Waals surface area contributed by atoms with E-state index >= 15 is 0 Å². The molecule has 0 aromatic heterocycles. The summed E-state index contributed by atoms with van der Waals surface area (Å²) in [5.41, 5.74) is 5.75. The van der Waals surface area contributed by atoms with Crippen molar-refractivity contribution in [3.63, 3.8) is 0 Å². The van der Waals surface area contributed by atoms with Crippen molar-refractivity contribution in [2.75, 3.05) is 7.11 Å². The minimum Gasteiger partial charge on any atom is -0.469 e. The zero-order valence-electron chi connectivity index (χ0n) is 11.9. The van der Waals surface area contributed by atoms with Crippen molar-refractivity contribution in [1.82, 2.24) is 0 Å². The molecule has 1 atom stereocenters. The molecule has 0 aliphatic rings. The second kappa shape index (κ2) is 7.00. The number of methoxy groups -OCH3 is 1. The second-order valence-corrected chi connectivity index (χ2v) is 4.58. The van der Waals surface area contributed by atoms with Gasteiger partial charge in [-0.1, -0.05) is 24.3 Å². The molecule has 0 spiro atoms. The van der Waals surface area contributed by atoms with E-state index in [1.807, 2.05) is 0 Å². The maximum atomic E-state index is 14.4. The average Bonchev–Trinajstić information content (AvgIpc) is 2.52. The number of hydrogen-bond acceptors (Lipinski definition) is 4. The molecule has 0 amide bonds. The molecule has 1 unspecified atom stereocenters. The highest BCUT2D eigenvalue weighted by Crippen LogP contribution is 2.32. The monoisotopic (exact) mass is 307 g/mol. The zero-order valence-corrected chi connectivity index (χ0v) is 11.9. The highest BCUT2D eigenvalue weighted by Gasteiger charge is 2.22. The normalized spacial score (nSPS) is 11.8. The molecule has 4 nitrogen and oxygen atoms in total. The Kier molecular flexibility index (Phi) is 5.06. The van der Waals surface area contributed by atoms with Crippen LogP contribution in [-0.2, 0) is 9.53 Å². The SMILES string of the molecule is COC(=O)CC(N)c1ccc(F)c(Oc2ccccc2)c1F. The van der Waals surface area contributed by atoms with Gasteiger partial charge in [0.15, 0.2) is 17.4 Å². The van der Waals surface area contributed by atoms with E-state index in [0.717, 1.165) is 6.07 Å². The summed E-state index contributed by atoms with van der Waals surface area (Å²) in [6.07, 6.45) is -0.218. The third-order valence-electron chi connectivity index (χ3n) is 3.06. The Morgan fingerprint density at radius 1 is 1.18 bits per heavy atom. The molecular weight excluding hydrogens is 292 g/mol. The maximum Gasteiger partial charge on any atom is 0.307 e. The molecule has 0 fully saturated rings. The maximum absolute atomic E-state index is 14.4. The lowest BCUT2D eigenvalue weighted by atomic mass is 10.0. The van der Waals surface area contributed by atoms with Crippen LogP contribution in [0.4, 0.5) is 8.78 Å². The summed E-state index contributed by atoms with van der Waals surface area (Å²) < 4.78 is 38.0. The van der Waals surface area contributed by atoms with Gasteiger partial charge in [-0.25, -0.2) is 8.78 Å². The van der Waals surface area contributed by atoms with Crippen molar-refractivity contribution < 1.29 is 23.0 Å². The first-order valence-corrected chi connectivity index (χ1v) is 6.56. The van der Waals surface area contributed by atoms with Gasteiger partial charge in [-0.3, -0.25) is 4.79 Å². The van der Waals surface area contributed by atoms with Crippen molar-refractivity contribution in [3.05, 3.63) is 59.7 Å². The smallest absolute Gasteiger partial charge is 0.307 e. The standard InChI is InChI=1S/C16H15F2NO3/c1-21-14(20)9-13(19)11-7-8-12(17)16(15(11)18)22-10-5-3-2-4-6-10/h2-8,13H,9,19H2,1H3. The van der Waals surface area contributed by atoms with Crippen LogP contribution in [0.1, 0.15) is 18.0 Å². The number of ether oxygens (including phenoxy) is 2. The van der Waals surface area contributed by atoms with E-state index < -0.39 is 29.4 Å². The number of nitrogens with two attached hydrogens (primary N) is 1. The van der Waals surface area contributed by atoms with Crippen LogP contribution < -0.4 is 10.5 Å². The number of carbonyl (C=O) groups is 1. The molecule has 2 rings (SSSR count). The van der Waals surface area contributed by atoms with E-state index in [1.165, 1.54) is 13.2 Å². The average molecular weight is 307 g/mol. The predicted molar refractivity (Wildman–Crippen MR) is 76.4 cm³/mol. The summed E-state index contributed by atoms with van der Waals surface area (Å²) in [5.74, 6) is -2.62. The first-order chi connectivity index (χ1) is 10.5. The first kappa shape index (κ1) is 15.9. The van der Waals surface area contributed by atoms with Gasteiger partial charge in [0.05, 0.1) is 13.5 Å². The van der Waals surface area contributed by atoms with Crippen molar-refractivity contribution in [2.45, 2.75) is 12.5 Å². The number of halogens is 2. The van der Waals surface area contributed by atoms with E-state index in [2.05, 4.69) is 4.74 Å². The number of carbonyl (C=O) groups excluding carboxylic acids is 1. The fourth-order valence-corrected chi connectivity index (χ4v) is 1.91. The zero-order chi connectivity index (χ0) is 16.1. The number of hydrogen-bond donors (Lipinski definition) is 1. The highest BCUT2D eigenvalue weighted by atomic mass is 19.1. The van der Waals surface area contributed by atoms with Crippen molar-refractivity contribution in [1.29, 1.82) is 0 Å². The van der Waals surface area contributed by atoms with Crippen LogP contribution in [0.3, 0.4) is 0 Å². The van der Waals surface area contributed by atoms with Gasteiger partial charge in [0.1, 0.15) is 5.75 Å². The Morgan fingerprint density at radius 3 is 2.50 bits per heavy atom. The topological polar surface area (TPSA) is 61.5 Å². The summed E-state index contributed by atoms with van der Waals surface area (Å²) >= 11 is 0. The minimum absolute atomic E-state index is 0.0160. The lowest BCUT2D eigenvalue weighted by Gasteiger charge is -2.15. The van der Waals surface area contributed by atoms with Crippen LogP contribution in [0.15, 0.2) is 42.5 Å². The Balaban J connectivity index is 2.31. The van der Waals surface area contributed by atoms with E-state index in [-0.39, 0.29) is 12.0 Å². The molecule has 0 aliphatic heterocycles. The van der Waals surface area contributed by atoms with Gasteiger partial charge in [0.25, 0.3) is 0 Å². The quantitative estimate of drug-likeness (QED) is 0.861. The van der Waals surface area contributed by atoms with Crippen LogP contribution in [0, 0.1) is 11.6 Å². The van der Waals surface area contributed by atoms with Gasteiger partial charge in [0, 0.05) is 11.6 Å². The molecule has 22 heavy (non-hydrogen) atoms. The van der Waals surface area contributed by atoms with Gasteiger partial charge < -0.3 is 15.2 Å². The third kappa shape index (κ3) is 3.59. The van der Waals surface area contributed by atoms with Crippen LogP contribution >= 0.6 is 0 Å². The third-order valence-corrected chi connectivity index (χ3v) is 3.06. The molecular formula is C16H15F2NO3. The lowest BCUT2D eigenvalue weighted by Crippen LogP contribution is -2.18.